The molecule has 2 aromatic heterocycles. The number of rotatable bonds is 4. The topological polar surface area (TPSA) is 71.8 Å². The van der Waals surface area contributed by atoms with E-state index >= 15 is 0 Å². The summed E-state index contributed by atoms with van der Waals surface area (Å²) in [4.78, 5) is 16.5. The fraction of sp³-hybridized carbons (Fsp3) is 0.588. The van der Waals surface area contributed by atoms with E-state index < -0.39 is 0 Å². The first-order chi connectivity index (χ1) is 11.0. The van der Waals surface area contributed by atoms with Crippen molar-refractivity contribution in [1.29, 1.82) is 0 Å². The smallest absolute Gasteiger partial charge is 0.225 e. The highest BCUT2D eigenvalue weighted by Gasteiger charge is 2.24. The number of carbonyl (C=O) groups excluding carboxylic acids is 1. The van der Waals surface area contributed by atoms with Crippen LogP contribution in [0, 0.1) is 5.41 Å². The van der Waals surface area contributed by atoms with Crippen molar-refractivity contribution in [2.45, 2.75) is 39.7 Å². The predicted octanol–water partition coefficient (Wildman–Crippen LogP) is 1.67. The average Bonchev–Trinajstić information content (AvgIpc) is 3.14. The molecule has 1 aliphatic heterocycles. The van der Waals surface area contributed by atoms with Gasteiger partial charge in [0.2, 0.25) is 5.91 Å². The number of nitrogens with one attached hydrogen (secondary N) is 2. The third kappa shape index (κ3) is 3.37. The van der Waals surface area contributed by atoms with Crippen LogP contribution in [0.1, 0.15) is 38.8 Å². The van der Waals surface area contributed by atoms with E-state index in [1.807, 2.05) is 31.5 Å². The molecule has 1 amide bonds. The van der Waals surface area contributed by atoms with Gasteiger partial charge in [-0.25, -0.2) is 9.67 Å². The van der Waals surface area contributed by atoms with E-state index in [9.17, 15) is 4.79 Å². The second-order valence-electron chi connectivity index (χ2n) is 7.18. The van der Waals surface area contributed by atoms with Crippen LogP contribution in [0.2, 0.25) is 0 Å². The second-order valence-corrected chi connectivity index (χ2v) is 7.18. The third-order valence-corrected chi connectivity index (χ3v) is 4.27. The van der Waals surface area contributed by atoms with Crippen LogP contribution in [0.5, 0.6) is 0 Å². The van der Waals surface area contributed by atoms with Crippen molar-refractivity contribution in [3.63, 3.8) is 0 Å². The van der Waals surface area contributed by atoms with Crippen LogP contribution in [0.4, 0.5) is 0 Å². The number of pyridine rings is 1. The Balaban J connectivity index is 1.77. The molecule has 1 fully saturated rings. The summed E-state index contributed by atoms with van der Waals surface area (Å²) in [7, 11) is 0. The molecule has 0 saturated carbocycles. The summed E-state index contributed by atoms with van der Waals surface area (Å²) in [5, 5.41) is 12.3. The summed E-state index contributed by atoms with van der Waals surface area (Å²) in [6.45, 7) is 8.96. The minimum Gasteiger partial charge on any atom is -0.354 e. The number of nitrogens with zero attached hydrogens (tertiary/aromatic N) is 3. The molecule has 0 unspecified atom stereocenters. The van der Waals surface area contributed by atoms with Gasteiger partial charge in [0.1, 0.15) is 0 Å². The molecule has 0 bridgehead atoms. The summed E-state index contributed by atoms with van der Waals surface area (Å²) in [6.07, 6.45) is 2.91. The van der Waals surface area contributed by atoms with Gasteiger partial charge < -0.3 is 10.6 Å². The molecule has 0 radical (unpaired) electrons. The summed E-state index contributed by atoms with van der Waals surface area (Å²) in [6, 6.07) is 4.05. The van der Waals surface area contributed by atoms with Crippen molar-refractivity contribution < 1.29 is 4.79 Å². The number of hydrogen-bond acceptors (Lipinski definition) is 4. The fourth-order valence-electron chi connectivity index (χ4n) is 2.92. The zero-order chi connectivity index (χ0) is 16.4. The maximum Gasteiger partial charge on any atom is 0.225 e. The summed E-state index contributed by atoms with van der Waals surface area (Å²) in [5.41, 5.74) is 1.66. The lowest BCUT2D eigenvalue weighted by molar-refractivity contribution is -0.128. The molecule has 6 heteroatoms. The van der Waals surface area contributed by atoms with Crippen molar-refractivity contribution in [3.05, 3.63) is 24.0 Å². The molecule has 2 N–H and O–H groups in total. The molecule has 3 rings (SSSR count). The molecule has 6 nitrogen and oxygen atoms in total. The van der Waals surface area contributed by atoms with Crippen LogP contribution in [0.3, 0.4) is 0 Å². The van der Waals surface area contributed by atoms with E-state index in [0.29, 0.717) is 19.0 Å². The summed E-state index contributed by atoms with van der Waals surface area (Å²) >= 11 is 0. The lowest BCUT2D eigenvalue weighted by Crippen LogP contribution is -2.36. The molecule has 0 aliphatic carbocycles. The number of hydrogen-bond donors (Lipinski definition) is 2. The minimum atomic E-state index is -0.370. The SMILES string of the molecule is CC(C)(C)C(=O)NCCn1nc([C@@H]2CCNC2)c2cccnc21. The van der Waals surface area contributed by atoms with Crippen molar-refractivity contribution in [3.8, 4) is 0 Å². The molecule has 3 heterocycles. The maximum absolute atomic E-state index is 12.0. The van der Waals surface area contributed by atoms with Crippen LogP contribution in [0.15, 0.2) is 18.3 Å². The summed E-state index contributed by atoms with van der Waals surface area (Å²) < 4.78 is 1.92. The molecule has 124 valence electrons. The van der Waals surface area contributed by atoms with Crippen LogP contribution >= 0.6 is 0 Å². The first-order valence-electron chi connectivity index (χ1n) is 8.27. The van der Waals surface area contributed by atoms with Crippen LogP contribution in [-0.4, -0.2) is 40.3 Å². The van der Waals surface area contributed by atoms with Gasteiger partial charge in [-0.1, -0.05) is 20.8 Å². The van der Waals surface area contributed by atoms with Crippen molar-refractivity contribution in [1.82, 2.24) is 25.4 Å². The van der Waals surface area contributed by atoms with E-state index in [-0.39, 0.29) is 11.3 Å². The van der Waals surface area contributed by atoms with Gasteiger partial charge >= 0.3 is 0 Å². The van der Waals surface area contributed by atoms with Gasteiger partial charge in [-0.2, -0.15) is 5.10 Å². The quantitative estimate of drug-likeness (QED) is 0.900. The Hall–Kier alpha value is -1.95. The van der Waals surface area contributed by atoms with Gasteiger partial charge in [0.15, 0.2) is 5.65 Å². The highest BCUT2D eigenvalue weighted by molar-refractivity contribution is 5.81. The Morgan fingerprint density at radius 1 is 1.48 bits per heavy atom. The van der Waals surface area contributed by atoms with E-state index in [4.69, 9.17) is 5.10 Å². The zero-order valence-corrected chi connectivity index (χ0v) is 14.1. The lowest BCUT2D eigenvalue weighted by Gasteiger charge is -2.17. The Morgan fingerprint density at radius 3 is 3.00 bits per heavy atom. The van der Waals surface area contributed by atoms with Gasteiger partial charge in [0, 0.05) is 36.0 Å². The number of fused-ring (bicyclic) bond motifs is 1. The van der Waals surface area contributed by atoms with Crippen LogP contribution in [-0.2, 0) is 11.3 Å². The Labute approximate surface area is 136 Å². The average molecular weight is 315 g/mol. The Kier molecular flexibility index (Phi) is 4.35. The number of amides is 1. The standard InChI is InChI=1S/C17H25N5O/c1-17(2,3)16(23)20-9-10-22-15-13(5-4-7-19-15)14(21-22)12-6-8-18-11-12/h4-5,7,12,18H,6,8-11H2,1-3H3,(H,20,23)/t12-/m1/s1. The minimum absolute atomic E-state index is 0.0575. The molecule has 1 atom stereocenters. The number of aromatic nitrogens is 3. The Bertz CT molecular complexity index is 695. The first kappa shape index (κ1) is 15.9. The third-order valence-electron chi connectivity index (χ3n) is 4.27. The molecule has 0 spiro atoms. The highest BCUT2D eigenvalue weighted by Crippen LogP contribution is 2.27. The van der Waals surface area contributed by atoms with Crippen molar-refractivity contribution >= 4 is 16.9 Å². The van der Waals surface area contributed by atoms with Crippen molar-refractivity contribution in [2.24, 2.45) is 5.41 Å². The molecule has 1 saturated heterocycles. The van der Waals surface area contributed by atoms with E-state index in [2.05, 4.69) is 21.7 Å². The molecule has 1 aliphatic rings. The monoisotopic (exact) mass is 315 g/mol. The van der Waals surface area contributed by atoms with E-state index in [1.54, 1.807) is 6.20 Å². The van der Waals surface area contributed by atoms with Crippen LogP contribution in [0.25, 0.3) is 11.0 Å². The predicted molar refractivity (Wildman–Crippen MR) is 90.2 cm³/mol. The lowest BCUT2D eigenvalue weighted by atomic mass is 9.96. The molecule has 23 heavy (non-hydrogen) atoms. The molecule has 0 aromatic carbocycles. The maximum atomic E-state index is 12.0. The second kappa shape index (κ2) is 6.28. The fourth-order valence-corrected chi connectivity index (χ4v) is 2.92. The van der Waals surface area contributed by atoms with E-state index in [1.165, 1.54) is 0 Å². The summed E-state index contributed by atoms with van der Waals surface area (Å²) in [5.74, 6) is 0.509. The van der Waals surface area contributed by atoms with Gasteiger partial charge in [0.05, 0.1) is 12.2 Å². The van der Waals surface area contributed by atoms with E-state index in [0.717, 1.165) is 36.2 Å². The first-order valence-corrected chi connectivity index (χ1v) is 8.27. The Morgan fingerprint density at radius 2 is 2.30 bits per heavy atom. The molecule has 2 aromatic rings. The normalized spacial score (nSPS) is 18.5. The van der Waals surface area contributed by atoms with Crippen LogP contribution < -0.4 is 10.6 Å². The zero-order valence-electron chi connectivity index (χ0n) is 14.1. The van der Waals surface area contributed by atoms with Gasteiger partial charge in [-0.05, 0) is 25.1 Å². The largest absolute Gasteiger partial charge is 0.354 e. The molecular formula is C17H25N5O. The molecular weight excluding hydrogens is 290 g/mol. The number of carbonyl (C=O) groups is 1. The van der Waals surface area contributed by atoms with Gasteiger partial charge in [-0.3, -0.25) is 4.79 Å². The van der Waals surface area contributed by atoms with Gasteiger partial charge in [0.25, 0.3) is 0 Å². The van der Waals surface area contributed by atoms with Crippen molar-refractivity contribution in [2.75, 3.05) is 19.6 Å². The van der Waals surface area contributed by atoms with Gasteiger partial charge in [-0.15, -0.1) is 0 Å². The highest BCUT2D eigenvalue weighted by atomic mass is 16.2.